The van der Waals surface area contributed by atoms with Crippen molar-refractivity contribution < 1.29 is 0 Å². The first-order valence-electron chi connectivity index (χ1n) is 6.53. The highest BCUT2D eigenvalue weighted by molar-refractivity contribution is 5.67. The molecule has 0 amide bonds. The molecule has 2 aromatic heterocycles. The Hall–Kier alpha value is -2.36. The zero-order chi connectivity index (χ0) is 12.7. The SMILES string of the molecule is c1ccc(Cn2ncc3c2CCc2cn[nH]c2-3)cc1. The molecule has 1 aliphatic carbocycles. The quantitative estimate of drug-likeness (QED) is 0.759. The highest BCUT2D eigenvalue weighted by Crippen LogP contribution is 2.31. The van der Waals surface area contributed by atoms with E-state index in [1.165, 1.54) is 22.4 Å². The first kappa shape index (κ1) is 10.6. The number of nitrogens with one attached hydrogen (secondary N) is 1. The van der Waals surface area contributed by atoms with E-state index >= 15 is 0 Å². The number of hydrogen-bond donors (Lipinski definition) is 1. The Morgan fingerprint density at radius 1 is 1.11 bits per heavy atom. The Morgan fingerprint density at radius 2 is 2.00 bits per heavy atom. The van der Waals surface area contributed by atoms with E-state index in [0.29, 0.717) is 0 Å². The van der Waals surface area contributed by atoms with Crippen LogP contribution in [0.25, 0.3) is 11.3 Å². The van der Waals surface area contributed by atoms with E-state index < -0.39 is 0 Å². The molecule has 4 rings (SSSR count). The molecule has 0 saturated heterocycles. The molecule has 94 valence electrons. The lowest BCUT2D eigenvalue weighted by molar-refractivity contribution is 0.639. The molecule has 19 heavy (non-hydrogen) atoms. The molecule has 4 heteroatoms. The van der Waals surface area contributed by atoms with Crippen LogP contribution < -0.4 is 0 Å². The lowest BCUT2D eigenvalue weighted by atomic mass is 9.96. The smallest absolute Gasteiger partial charge is 0.0716 e. The molecule has 0 saturated carbocycles. The summed E-state index contributed by atoms with van der Waals surface area (Å²) in [5.41, 5.74) is 6.23. The fourth-order valence-electron chi connectivity index (χ4n) is 2.76. The summed E-state index contributed by atoms with van der Waals surface area (Å²) in [5, 5.41) is 11.8. The summed E-state index contributed by atoms with van der Waals surface area (Å²) in [6.45, 7) is 0.833. The van der Waals surface area contributed by atoms with Gasteiger partial charge in [-0.3, -0.25) is 9.78 Å². The third kappa shape index (κ3) is 1.68. The van der Waals surface area contributed by atoms with Crippen molar-refractivity contribution in [3.63, 3.8) is 0 Å². The van der Waals surface area contributed by atoms with Crippen LogP contribution in [0.5, 0.6) is 0 Å². The monoisotopic (exact) mass is 250 g/mol. The van der Waals surface area contributed by atoms with Crippen LogP contribution in [0.3, 0.4) is 0 Å². The van der Waals surface area contributed by atoms with Crippen LogP contribution in [-0.4, -0.2) is 20.0 Å². The molecule has 2 heterocycles. The average molecular weight is 250 g/mol. The van der Waals surface area contributed by atoms with Gasteiger partial charge in [-0.25, -0.2) is 0 Å². The van der Waals surface area contributed by atoms with Gasteiger partial charge < -0.3 is 0 Å². The third-order valence-corrected chi connectivity index (χ3v) is 3.74. The minimum Gasteiger partial charge on any atom is -0.277 e. The molecule has 1 aliphatic rings. The van der Waals surface area contributed by atoms with Gasteiger partial charge in [-0.2, -0.15) is 10.2 Å². The van der Waals surface area contributed by atoms with Crippen molar-refractivity contribution in [3.8, 4) is 11.3 Å². The Labute approximate surface area is 111 Å². The van der Waals surface area contributed by atoms with Gasteiger partial charge in [0.25, 0.3) is 0 Å². The first-order chi connectivity index (χ1) is 9.42. The van der Waals surface area contributed by atoms with Gasteiger partial charge in [0.05, 0.1) is 24.6 Å². The lowest BCUT2D eigenvalue weighted by Gasteiger charge is -2.14. The fraction of sp³-hybridized carbons (Fsp3) is 0.200. The minimum atomic E-state index is 0.833. The van der Waals surface area contributed by atoms with E-state index in [1.807, 2.05) is 18.5 Å². The van der Waals surface area contributed by atoms with Crippen molar-refractivity contribution in [1.82, 2.24) is 20.0 Å². The summed E-state index contributed by atoms with van der Waals surface area (Å²) >= 11 is 0. The lowest BCUT2D eigenvalue weighted by Crippen LogP contribution is -2.10. The number of benzene rings is 1. The molecule has 0 spiro atoms. The zero-order valence-corrected chi connectivity index (χ0v) is 10.5. The van der Waals surface area contributed by atoms with Crippen molar-refractivity contribution in [3.05, 3.63) is 59.5 Å². The van der Waals surface area contributed by atoms with Gasteiger partial charge in [0, 0.05) is 11.3 Å². The Balaban J connectivity index is 1.74. The van der Waals surface area contributed by atoms with E-state index in [0.717, 1.165) is 25.1 Å². The first-order valence-corrected chi connectivity index (χ1v) is 6.53. The van der Waals surface area contributed by atoms with Gasteiger partial charge in [-0.15, -0.1) is 0 Å². The standard InChI is InChI=1S/C15H14N4/c1-2-4-11(5-3-1)10-19-14-7-6-12-8-16-18-15(12)13(14)9-17-19/h1-5,8-9H,6-7,10H2,(H,16,18). The Bertz CT molecular complexity index is 709. The summed E-state index contributed by atoms with van der Waals surface area (Å²) in [6, 6.07) is 10.5. The number of aromatic nitrogens is 4. The zero-order valence-electron chi connectivity index (χ0n) is 10.5. The molecule has 0 radical (unpaired) electrons. The maximum Gasteiger partial charge on any atom is 0.0716 e. The van der Waals surface area contributed by atoms with Crippen LogP contribution in [0.1, 0.15) is 16.8 Å². The van der Waals surface area contributed by atoms with Gasteiger partial charge in [0.1, 0.15) is 0 Å². The van der Waals surface area contributed by atoms with Crippen molar-refractivity contribution >= 4 is 0 Å². The molecule has 0 unspecified atom stereocenters. The largest absolute Gasteiger partial charge is 0.277 e. The second-order valence-corrected chi connectivity index (χ2v) is 4.92. The molecule has 3 aromatic rings. The highest BCUT2D eigenvalue weighted by Gasteiger charge is 2.21. The second kappa shape index (κ2) is 4.09. The fourth-order valence-corrected chi connectivity index (χ4v) is 2.76. The van der Waals surface area contributed by atoms with E-state index in [2.05, 4.69) is 44.2 Å². The molecule has 0 aliphatic heterocycles. The van der Waals surface area contributed by atoms with E-state index in [9.17, 15) is 0 Å². The van der Waals surface area contributed by atoms with Crippen LogP contribution in [0, 0.1) is 0 Å². The van der Waals surface area contributed by atoms with Crippen molar-refractivity contribution in [2.45, 2.75) is 19.4 Å². The normalized spacial score (nSPS) is 13.1. The van der Waals surface area contributed by atoms with Crippen LogP contribution in [0.2, 0.25) is 0 Å². The van der Waals surface area contributed by atoms with Crippen molar-refractivity contribution in [2.75, 3.05) is 0 Å². The number of aromatic amines is 1. The number of H-pyrrole nitrogens is 1. The number of fused-ring (bicyclic) bond motifs is 3. The van der Waals surface area contributed by atoms with Gasteiger partial charge in [0.2, 0.25) is 0 Å². The number of aryl methyl sites for hydroxylation is 1. The summed E-state index contributed by atoms with van der Waals surface area (Å²) in [4.78, 5) is 0. The van der Waals surface area contributed by atoms with E-state index in [1.54, 1.807) is 0 Å². The molecular weight excluding hydrogens is 236 g/mol. The maximum atomic E-state index is 4.54. The van der Waals surface area contributed by atoms with Crippen LogP contribution >= 0.6 is 0 Å². The Kier molecular flexibility index (Phi) is 2.27. The predicted molar refractivity (Wildman–Crippen MR) is 72.8 cm³/mol. The van der Waals surface area contributed by atoms with Gasteiger partial charge in [-0.1, -0.05) is 30.3 Å². The summed E-state index contributed by atoms with van der Waals surface area (Å²) < 4.78 is 2.11. The predicted octanol–water partition coefficient (Wildman–Crippen LogP) is 2.42. The summed E-state index contributed by atoms with van der Waals surface area (Å²) in [7, 11) is 0. The molecular formula is C15H14N4. The number of hydrogen-bond acceptors (Lipinski definition) is 2. The van der Waals surface area contributed by atoms with Gasteiger partial charge >= 0.3 is 0 Å². The molecule has 1 aromatic carbocycles. The summed E-state index contributed by atoms with van der Waals surface area (Å²) in [5.74, 6) is 0. The maximum absolute atomic E-state index is 4.54. The number of rotatable bonds is 2. The van der Waals surface area contributed by atoms with Gasteiger partial charge in [0.15, 0.2) is 0 Å². The summed E-state index contributed by atoms with van der Waals surface area (Å²) in [6.07, 6.45) is 5.95. The van der Waals surface area contributed by atoms with E-state index in [4.69, 9.17) is 0 Å². The average Bonchev–Trinajstić information content (AvgIpc) is 3.06. The number of nitrogens with zero attached hydrogens (tertiary/aromatic N) is 3. The topological polar surface area (TPSA) is 46.5 Å². The minimum absolute atomic E-state index is 0.833. The molecule has 4 nitrogen and oxygen atoms in total. The van der Waals surface area contributed by atoms with Crippen LogP contribution in [0.4, 0.5) is 0 Å². The van der Waals surface area contributed by atoms with Crippen LogP contribution in [-0.2, 0) is 19.4 Å². The van der Waals surface area contributed by atoms with Crippen molar-refractivity contribution in [2.24, 2.45) is 0 Å². The molecule has 0 atom stereocenters. The molecule has 1 N–H and O–H groups in total. The van der Waals surface area contributed by atoms with Gasteiger partial charge in [-0.05, 0) is 24.0 Å². The second-order valence-electron chi connectivity index (χ2n) is 4.92. The van der Waals surface area contributed by atoms with Crippen molar-refractivity contribution in [1.29, 1.82) is 0 Å². The third-order valence-electron chi connectivity index (χ3n) is 3.74. The van der Waals surface area contributed by atoms with Crippen LogP contribution in [0.15, 0.2) is 42.7 Å². The molecule has 0 fully saturated rings. The van der Waals surface area contributed by atoms with E-state index in [-0.39, 0.29) is 0 Å². The highest BCUT2D eigenvalue weighted by atomic mass is 15.3. The Morgan fingerprint density at radius 3 is 2.89 bits per heavy atom. The molecule has 0 bridgehead atoms.